The lowest BCUT2D eigenvalue weighted by Crippen LogP contribution is -2.48. The van der Waals surface area contributed by atoms with E-state index in [1.54, 1.807) is 12.1 Å². The van der Waals surface area contributed by atoms with E-state index in [2.05, 4.69) is 45.1 Å². The topological polar surface area (TPSA) is 181 Å². The summed E-state index contributed by atoms with van der Waals surface area (Å²) in [6.45, 7) is 10.5. The molecule has 0 bridgehead atoms. The zero-order chi connectivity index (χ0) is 55.0. The summed E-state index contributed by atoms with van der Waals surface area (Å²) in [5, 5.41) is 20.8. The van der Waals surface area contributed by atoms with Crippen molar-refractivity contribution in [1.82, 2.24) is 39.8 Å². The molecule has 2 N–H and O–H groups in total. The van der Waals surface area contributed by atoms with Crippen LogP contribution in [0.3, 0.4) is 0 Å². The molecule has 17 nitrogen and oxygen atoms in total. The lowest BCUT2D eigenvalue weighted by atomic mass is 9.83. The Balaban J connectivity index is 0.645. The van der Waals surface area contributed by atoms with Gasteiger partial charge in [0.2, 0.25) is 11.8 Å². The molecule has 5 atom stereocenters. The number of carbonyl (C=O) groups is 3. The van der Waals surface area contributed by atoms with Crippen molar-refractivity contribution in [3.05, 3.63) is 71.1 Å². The van der Waals surface area contributed by atoms with E-state index in [1.807, 2.05) is 23.6 Å². The summed E-state index contributed by atoms with van der Waals surface area (Å²) in [4.78, 5) is 62.2. The summed E-state index contributed by atoms with van der Waals surface area (Å²) in [6, 6.07) is 12.5. The normalized spacial score (nSPS) is 25.0. The number of imide groups is 1. The van der Waals surface area contributed by atoms with Crippen LogP contribution in [0.1, 0.15) is 126 Å². The molecule has 10 heterocycles. The fraction of sp³-hybridized carbons (Fsp3) is 0.557. The second-order valence-corrected chi connectivity index (χ2v) is 24.0. The average Bonchev–Trinajstić information content (AvgIpc) is 4.11. The van der Waals surface area contributed by atoms with Crippen molar-refractivity contribution in [2.24, 2.45) is 18.9 Å². The molecule has 6 aromatic rings. The maximum absolute atomic E-state index is 17.7. The summed E-state index contributed by atoms with van der Waals surface area (Å²) >= 11 is 0. The lowest BCUT2D eigenvalue weighted by molar-refractivity contribution is -0.134. The molecular weight excluding hydrogens is 1020 g/mol. The second-order valence-electron chi connectivity index (χ2n) is 24.0. The minimum atomic E-state index is -0.681. The first-order valence-corrected chi connectivity index (χ1v) is 29.4. The summed E-state index contributed by atoms with van der Waals surface area (Å²) in [5.74, 6) is -0.432. The fourth-order valence-corrected chi connectivity index (χ4v) is 15.0. The first kappa shape index (κ1) is 52.6. The van der Waals surface area contributed by atoms with E-state index in [4.69, 9.17) is 34.3 Å². The quantitative estimate of drug-likeness (QED) is 0.117. The van der Waals surface area contributed by atoms with Gasteiger partial charge in [-0.05, 0) is 155 Å². The zero-order valence-electron chi connectivity index (χ0n) is 46.2. The number of pyridine rings is 1. The minimum Gasteiger partial charge on any atom is -0.508 e. The number of aromatic hydroxyl groups is 1. The van der Waals surface area contributed by atoms with Gasteiger partial charge in [0.05, 0.1) is 46.4 Å². The Labute approximate surface area is 464 Å². The fourth-order valence-electron chi connectivity index (χ4n) is 15.0. The number of likely N-dealkylation sites (tertiary alicyclic amines) is 1. The number of phenolic OH excluding ortho intramolecular Hbond substituents is 1. The summed E-state index contributed by atoms with van der Waals surface area (Å²) in [7, 11) is 1.91. The number of aromatic nitrogens is 5. The van der Waals surface area contributed by atoms with Gasteiger partial charge in [-0.1, -0.05) is 19.9 Å². The van der Waals surface area contributed by atoms with E-state index in [1.165, 1.54) is 18.6 Å². The van der Waals surface area contributed by atoms with Crippen LogP contribution in [-0.2, 0) is 32.5 Å². The summed E-state index contributed by atoms with van der Waals surface area (Å²) < 4.78 is 53.9. The Kier molecular flexibility index (Phi) is 14.0. The highest BCUT2D eigenvalue weighted by Gasteiger charge is 2.50. The third-order valence-corrected chi connectivity index (χ3v) is 19.2. The smallest absolute Gasteiger partial charge is 0.409 e. The van der Waals surface area contributed by atoms with Crippen molar-refractivity contribution in [2.45, 2.75) is 133 Å². The molecule has 3 aromatic carbocycles. The molecule has 422 valence electrons. The first-order valence-electron chi connectivity index (χ1n) is 29.4. The molecule has 19 heteroatoms. The Hall–Kier alpha value is -6.73. The van der Waals surface area contributed by atoms with Crippen molar-refractivity contribution in [3.8, 4) is 23.0 Å². The molecule has 0 radical (unpaired) electrons. The number of nitrogens with zero attached hydrogens (tertiary/aromatic N) is 9. The van der Waals surface area contributed by atoms with Crippen molar-refractivity contribution in [1.29, 1.82) is 0 Å². The van der Waals surface area contributed by atoms with Crippen molar-refractivity contribution in [3.63, 3.8) is 0 Å². The Morgan fingerprint density at radius 3 is 2.51 bits per heavy atom. The molecule has 1 unspecified atom stereocenters. The number of hydrogen-bond acceptors (Lipinski definition) is 14. The van der Waals surface area contributed by atoms with E-state index < -0.39 is 17.6 Å². The number of ether oxygens (including phenoxy) is 3. The molecule has 3 aromatic heterocycles. The summed E-state index contributed by atoms with van der Waals surface area (Å²) in [6.07, 6.45) is 11.3. The Morgan fingerprint density at radius 1 is 0.900 bits per heavy atom. The van der Waals surface area contributed by atoms with Crippen molar-refractivity contribution >= 4 is 62.0 Å². The third-order valence-electron chi connectivity index (χ3n) is 19.2. The molecule has 6 fully saturated rings. The van der Waals surface area contributed by atoms with E-state index in [9.17, 15) is 19.5 Å². The van der Waals surface area contributed by atoms with Crippen LogP contribution in [0.25, 0.3) is 43.8 Å². The summed E-state index contributed by atoms with van der Waals surface area (Å²) in [5.41, 5.74) is 4.01. The average molecular weight is 1100 g/mol. The van der Waals surface area contributed by atoms with Crippen LogP contribution in [0.2, 0.25) is 0 Å². The van der Waals surface area contributed by atoms with Gasteiger partial charge >= 0.3 is 12.1 Å². The van der Waals surface area contributed by atoms with Crippen LogP contribution in [0, 0.1) is 23.5 Å². The number of benzene rings is 3. The minimum absolute atomic E-state index is 0.000963. The van der Waals surface area contributed by atoms with Gasteiger partial charge in [0, 0.05) is 81.4 Å². The van der Waals surface area contributed by atoms with Crippen molar-refractivity contribution in [2.75, 3.05) is 75.5 Å². The second kappa shape index (κ2) is 21.3. The van der Waals surface area contributed by atoms with Crippen LogP contribution in [0.5, 0.6) is 11.8 Å². The van der Waals surface area contributed by atoms with Crippen LogP contribution in [0.4, 0.5) is 25.1 Å². The van der Waals surface area contributed by atoms with Gasteiger partial charge in [-0.15, -0.1) is 0 Å². The lowest BCUT2D eigenvalue weighted by Gasteiger charge is -2.37. The van der Waals surface area contributed by atoms with E-state index in [0.717, 1.165) is 99.7 Å². The highest BCUT2D eigenvalue weighted by atomic mass is 19.1. The number of amides is 3. The number of nitrogens with one attached hydrogen (secondary N) is 1. The van der Waals surface area contributed by atoms with Crippen LogP contribution >= 0.6 is 0 Å². The zero-order valence-corrected chi connectivity index (χ0v) is 46.2. The molecule has 7 aliphatic rings. The van der Waals surface area contributed by atoms with E-state index in [0.29, 0.717) is 116 Å². The van der Waals surface area contributed by atoms with Gasteiger partial charge < -0.3 is 34.0 Å². The number of phenols is 1. The van der Waals surface area contributed by atoms with Crippen LogP contribution in [-0.4, -0.2) is 141 Å². The van der Waals surface area contributed by atoms with Crippen LogP contribution < -0.4 is 19.9 Å². The standard InChI is InChI=1S/C61H72F2N10O7/c1-4-43-47(62)11-7-38-29-42(74)31-46(50(38)43)55-52(63)56-51-53(65-55)35(2)27-41-32-78-26-6-20-72(41)57(51)67-59(66-56)80-34-61-18-5-21-73(61)40(13-19-61)33-79-60(77)71-24-16-37(17-25-71)28-36-14-22-70(23-15-36)39-8-9-44-48(30-39)69(3)68-54(44)45-10-12-49(75)64-58(45)76/h7-9,11,29-31,35-37,40-41,45,74H,4-6,10,12-28,32-34H2,1-3H3,(H,64,75,76)/t35-,40-,41-,45?,61-/m0/s1. The van der Waals surface area contributed by atoms with Gasteiger partial charge in [0.1, 0.15) is 41.8 Å². The monoisotopic (exact) mass is 1090 g/mol. The number of anilines is 2. The van der Waals surface area contributed by atoms with Gasteiger partial charge in [0.25, 0.3) is 0 Å². The number of aryl methyl sites for hydroxylation is 2. The van der Waals surface area contributed by atoms with Gasteiger partial charge in [-0.25, -0.2) is 18.6 Å². The molecule has 7 aliphatic heterocycles. The number of halogens is 2. The number of hydrogen-bond donors (Lipinski definition) is 2. The highest BCUT2D eigenvalue weighted by molar-refractivity contribution is 6.04. The first-order chi connectivity index (χ1) is 38.8. The number of piperidine rings is 3. The maximum atomic E-state index is 17.7. The molecule has 3 amide bonds. The largest absolute Gasteiger partial charge is 0.508 e. The van der Waals surface area contributed by atoms with E-state index >= 15 is 8.78 Å². The predicted octanol–water partition coefficient (Wildman–Crippen LogP) is 9.43. The SMILES string of the molecule is CCc1c(F)ccc2cc(O)cc(-c3nc4c5c(nc(OC[C@@]67CCCN6[C@H](COC(=O)N6CCC(CC8CCN(c9ccc%10c(C%11CCC(=O)NC%11=O)nn(C)c%10c9)CC8)CC6)CC7)nc5c3F)N3CCCOC[C@@H]3C[C@@H]4C)c12. The van der Waals surface area contributed by atoms with Gasteiger partial charge in [0.15, 0.2) is 5.82 Å². The molecule has 0 spiro atoms. The Bertz CT molecular complexity index is 3410. The molecular formula is C61H72F2N10O7. The van der Waals surface area contributed by atoms with E-state index in [-0.39, 0.29) is 71.0 Å². The Morgan fingerprint density at radius 2 is 1.71 bits per heavy atom. The third kappa shape index (κ3) is 9.52. The molecule has 6 saturated heterocycles. The maximum Gasteiger partial charge on any atom is 0.409 e. The predicted molar refractivity (Wildman–Crippen MR) is 299 cm³/mol. The van der Waals surface area contributed by atoms with Crippen molar-refractivity contribution < 1.29 is 42.5 Å². The highest BCUT2D eigenvalue weighted by Crippen LogP contribution is 2.47. The molecule has 0 saturated carbocycles. The number of rotatable bonds is 11. The van der Waals surface area contributed by atoms with Gasteiger partial charge in [-0.2, -0.15) is 15.1 Å². The molecule has 80 heavy (non-hydrogen) atoms. The van der Waals surface area contributed by atoms with Gasteiger partial charge in [-0.3, -0.25) is 24.5 Å². The number of fused-ring (bicyclic) bond motifs is 5. The van der Waals surface area contributed by atoms with Crippen LogP contribution in [0.15, 0.2) is 42.5 Å². The molecule has 0 aliphatic carbocycles. The molecule has 13 rings (SSSR count). The number of carbonyl (C=O) groups excluding carboxylic acids is 3.